The predicted molar refractivity (Wildman–Crippen MR) is 120 cm³/mol. The van der Waals surface area contributed by atoms with E-state index in [1.54, 1.807) is 0 Å². The van der Waals surface area contributed by atoms with Crippen LogP contribution in [-0.2, 0) is 25.6 Å². The van der Waals surface area contributed by atoms with Crippen molar-refractivity contribution in [1.82, 2.24) is 20.4 Å². The van der Waals surface area contributed by atoms with E-state index in [0.29, 0.717) is 29.9 Å². The van der Waals surface area contributed by atoms with Crippen molar-refractivity contribution in [3.63, 3.8) is 0 Å². The molecule has 1 aromatic heterocycles. The molecule has 2 atom stereocenters. The minimum atomic E-state index is -1.25. The van der Waals surface area contributed by atoms with Gasteiger partial charge in [0.2, 0.25) is 11.8 Å². The van der Waals surface area contributed by atoms with Crippen LogP contribution >= 0.6 is 23.5 Å². The van der Waals surface area contributed by atoms with Gasteiger partial charge in [0.1, 0.15) is 23.5 Å². The fourth-order valence-corrected chi connectivity index (χ4v) is 6.02. The number of thioether (sulfide) groups is 2. The highest BCUT2D eigenvalue weighted by Gasteiger charge is 2.54. The number of nitrogens with two attached hydrogens (primary N) is 1. The van der Waals surface area contributed by atoms with Crippen molar-refractivity contribution in [2.24, 2.45) is 5.73 Å². The number of carboxylic acids is 2. The molecular weight excluding hydrogens is 486 g/mol. The Morgan fingerprint density at radius 3 is 2.68 bits per heavy atom. The van der Waals surface area contributed by atoms with Crippen LogP contribution in [0.1, 0.15) is 25.2 Å². The number of carbonyl (C=O) groups excluding carboxylic acids is 2. The third-order valence-corrected chi connectivity index (χ3v) is 7.63. The van der Waals surface area contributed by atoms with E-state index in [0.717, 1.165) is 17.3 Å². The highest BCUT2D eigenvalue weighted by molar-refractivity contribution is 8.01. The number of hydrogen-bond donors (Lipinski definition) is 4. The molecule has 0 bridgehead atoms. The fourth-order valence-electron chi connectivity index (χ4n) is 3.76. The molecule has 1 saturated heterocycles. The SMILES string of the molecule is NC1=C(CC(=O)NC2C(=O)N3C(C(=O)O)=C(CSc4nnc(CC(=O)O)o4)CS[C@@H]23)CC=CC1. The topological polar surface area (TPSA) is 189 Å². The first-order chi connectivity index (χ1) is 16.2. The number of fused-ring (bicyclic) bond motifs is 1. The third kappa shape index (κ3) is 4.97. The lowest BCUT2D eigenvalue weighted by Crippen LogP contribution is -2.70. The van der Waals surface area contributed by atoms with Gasteiger partial charge in [-0.25, -0.2) is 4.79 Å². The largest absolute Gasteiger partial charge is 0.481 e. The molecule has 2 aliphatic heterocycles. The van der Waals surface area contributed by atoms with Gasteiger partial charge in [0.15, 0.2) is 0 Å². The van der Waals surface area contributed by atoms with Crippen LogP contribution in [0.2, 0.25) is 0 Å². The van der Waals surface area contributed by atoms with Crippen molar-refractivity contribution in [2.75, 3.05) is 11.5 Å². The lowest BCUT2D eigenvalue weighted by molar-refractivity contribution is -0.150. The van der Waals surface area contributed by atoms with Crippen LogP contribution in [0.4, 0.5) is 0 Å². The molecule has 4 rings (SSSR count). The Labute approximate surface area is 201 Å². The van der Waals surface area contributed by atoms with E-state index >= 15 is 0 Å². The molecule has 0 spiro atoms. The van der Waals surface area contributed by atoms with E-state index in [1.165, 1.54) is 16.7 Å². The Morgan fingerprint density at radius 2 is 1.97 bits per heavy atom. The lowest BCUT2D eigenvalue weighted by atomic mass is 9.98. The van der Waals surface area contributed by atoms with Crippen LogP contribution in [0, 0.1) is 0 Å². The van der Waals surface area contributed by atoms with Crippen LogP contribution in [-0.4, -0.2) is 72.0 Å². The second-order valence-corrected chi connectivity index (χ2v) is 9.75. The van der Waals surface area contributed by atoms with E-state index in [4.69, 9.17) is 15.3 Å². The van der Waals surface area contributed by atoms with Gasteiger partial charge >= 0.3 is 11.9 Å². The molecule has 1 unspecified atom stereocenters. The highest BCUT2D eigenvalue weighted by atomic mass is 32.2. The van der Waals surface area contributed by atoms with E-state index < -0.39 is 35.7 Å². The van der Waals surface area contributed by atoms with E-state index in [1.807, 2.05) is 12.2 Å². The summed E-state index contributed by atoms with van der Waals surface area (Å²) in [5.74, 6) is -2.74. The van der Waals surface area contributed by atoms with Gasteiger partial charge in [-0.2, -0.15) is 0 Å². The summed E-state index contributed by atoms with van der Waals surface area (Å²) in [6, 6.07) is -0.809. The Balaban J connectivity index is 1.40. The van der Waals surface area contributed by atoms with Crippen LogP contribution < -0.4 is 11.1 Å². The van der Waals surface area contributed by atoms with Crippen LogP contribution in [0.3, 0.4) is 0 Å². The fraction of sp³-hybridized carbons (Fsp3) is 0.400. The summed E-state index contributed by atoms with van der Waals surface area (Å²) >= 11 is 2.41. The number of rotatable bonds is 9. The quantitative estimate of drug-likeness (QED) is 0.206. The minimum Gasteiger partial charge on any atom is -0.481 e. The second-order valence-electron chi connectivity index (χ2n) is 7.72. The van der Waals surface area contributed by atoms with E-state index in [-0.39, 0.29) is 34.9 Å². The number of nitrogens with one attached hydrogen (secondary N) is 1. The smallest absolute Gasteiger partial charge is 0.352 e. The molecule has 1 aromatic rings. The maximum Gasteiger partial charge on any atom is 0.352 e. The zero-order valence-electron chi connectivity index (χ0n) is 17.7. The van der Waals surface area contributed by atoms with Gasteiger partial charge in [0.25, 0.3) is 11.1 Å². The summed E-state index contributed by atoms with van der Waals surface area (Å²) in [6.45, 7) is 0. The van der Waals surface area contributed by atoms with Crippen LogP contribution in [0.25, 0.3) is 0 Å². The van der Waals surface area contributed by atoms with Crippen molar-refractivity contribution in [2.45, 2.75) is 42.3 Å². The molecular formula is C20H21N5O7S2. The van der Waals surface area contributed by atoms with Crippen molar-refractivity contribution in [1.29, 1.82) is 0 Å². The van der Waals surface area contributed by atoms with Crippen molar-refractivity contribution in [3.05, 3.63) is 40.6 Å². The molecule has 5 N–H and O–H groups in total. The summed E-state index contributed by atoms with van der Waals surface area (Å²) in [4.78, 5) is 49.2. The number of amides is 2. The number of carbonyl (C=O) groups is 4. The first kappa shape index (κ1) is 23.9. The normalized spacial score (nSPS) is 21.9. The monoisotopic (exact) mass is 507 g/mol. The van der Waals surface area contributed by atoms with Crippen molar-refractivity contribution in [3.8, 4) is 0 Å². The van der Waals surface area contributed by atoms with Gasteiger partial charge in [-0.1, -0.05) is 23.9 Å². The van der Waals surface area contributed by atoms with Crippen LogP contribution in [0.15, 0.2) is 44.3 Å². The molecule has 1 fully saturated rings. The molecule has 12 nitrogen and oxygen atoms in total. The van der Waals surface area contributed by atoms with E-state index in [9.17, 15) is 24.3 Å². The Kier molecular flexibility index (Phi) is 6.97. The van der Waals surface area contributed by atoms with Crippen molar-refractivity contribution < 1.29 is 33.8 Å². The molecule has 1 aliphatic carbocycles. The van der Waals surface area contributed by atoms with E-state index in [2.05, 4.69) is 15.5 Å². The maximum atomic E-state index is 12.8. The van der Waals surface area contributed by atoms with Gasteiger partial charge in [0.05, 0.1) is 0 Å². The van der Waals surface area contributed by atoms with Crippen molar-refractivity contribution >= 4 is 47.3 Å². The van der Waals surface area contributed by atoms with Gasteiger partial charge in [-0.05, 0) is 17.6 Å². The molecule has 180 valence electrons. The molecule has 34 heavy (non-hydrogen) atoms. The molecule has 0 aromatic carbocycles. The summed E-state index contributed by atoms with van der Waals surface area (Å²) in [5, 5.41) is 28.2. The number of allylic oxidation sites excluding steroid dienone is 2. The molecule has 0 saturated carbocycles. The number of β-lactam (4-membered cyclic amide) rings is 1. The Hall–Kier alpha value is -3.26. The zero-order chi connectivity index (χ0) is 24.4. The maximum absolute atomic E-state index is 12.8. The van der Waals surface area contributed by atoms with Gasteiger partial charge in [0, 0.05) is 30.0 Å². The molecule has 3 aliphatic rings. The Bertz CT molecular complexity index is 1140. The first-order valence-electron chi connectivity index (χ1n) is 10.2. The van der Waals surface area contributed by atoms with Gasteiger partial charge < -0.3 is 25.7 Å². The number of aromatic nitrogens is 2. The highest BCUT2D eigenvalue weighted by Crippen LogP contribution is 2.41. The second kappa shape index (κ2) is 9.93. The average Bonchev–Trinajstić information content (AvgIpc) is 3.23. The van der Waals surface area contributed by atoms with Crippen LogP contribution in [0.5, 0.6) is 0 Å². The number of hydrogen-bond acceptors (Lipinski definition) is 10. The third-order valence-electron chi connectivity index (χ3n) is 5.38. The lowest BCUT2D eigenvalue weighted by Gasteiger charge is -2.49. The summed E-state index contributed by atoms with van der Waals surface area (Å²) in [6.07, 6.45) is 4.74. The first-order valence-corrected chi connectivity index (χ1v) is 12.3. The molecule has 2 amide bonds. The van der Waals surface area contributed by atoms with Gasteiger partial charge in [-0.15, -0.1) is 22.0 Å². The minimum absolute atomic E-state index is 0.0567. The number of aliphatic carboxylic acids is 2. The summed E-state index contributed by atoms with van der Waals surface area (Å²) in [7, 11) is 0. The summed E-state index contributed by atoms with van der Waals surface area (Å²) < 4.78 is 5.23. The predicted octanol–water partition coefficient (Wildman–Crippen LogP) is 0.480. The number of nitrogens with zero attached hydrogens (tertiary/aromatic N) is 3. The number of carboxylic acid groups (broad SMARTS) is 2. The standard InChI is InChI=1S/C20H21N5O7S2/c21-11-4-2-1-3-9(11)5-12(26)22-15-17(29)25-16(19(30)31)10(7-33-18(15)25)8-34-20-24-23-13(32-20)6-14(27)28/h1-2,15,18H,3-8,21H2,(H,22,26)(H,27,28)(H,30,31)/t15?,18-/m0/s1. The zero-order valence-corrected chi connectivity index (χ0v) is 19.4. The molecule has 3 heterocycles. The van der Waals surface area contributed by atoms with Gasteiger partial charge in [-0.3, -0.25) is 19.3 Å². The molecule has 0 radical (unpaired) electrons. The Morgan fingerprint density at radius 1 is 1.21 bits per heavy atom. The summed E-state index contributed by atoms with van der Waals surface area (Å²) in [5.41, 5.74) is 7.79. The molecule has 14 heteroatoms. The average molecular weight is 508 g/mol.